The van der Waals surface area contributed by atoms with Gasteiger partial charge in [-0.2, -0.15) is 0 Å². The first kappa shape index (κ1) is 17.8. The van der Waals surface area contributed by atoms with E-state index in [1.807, 2.05) is 0 Å². The Morgan fingerprint density at radius 3 is 2.39 bits per heavy atom. The van der Waals surface area contributed by atoms with Crippen molar-refractivity contribution in [3.63, 3.8) is 0 Å². The SMILES string of the molecule is C=C1C(S(=O)(=O)c2ccccc2)=C(C)OC1CCCCCCC. The van der Waals surface area contributed by atoms with Crippen LogP contribution in [0.1, 0.15) is 52.4 Å². The molecule has 0 radical (unpaired) electrons. The summed E-state index contributed by atoms with van der Waals surface area (Å²) in [7, 11) is -3.55. The number of allylic oxidation sites excluding steroid dienone is 1. The largest absolute Gasteiger partial charge is 0.489 e. The predicted octanol–water partition coefficient (Wildman–Crippen LogP) is 5.01. The summed E-state index contributed by atoms with van der Waals surface area (Å²) in [6.07, 6.45) is 6.50. The highest BCUT2D eigenvalue weighted by Crippen LogP contribution is 2.38. The lowest BCUT2D eigenvalue weighted by Crippen LogP contribution is -2.12. The van der Waals surface area contributed by atoms with E-state index in [0.29, 0.717) is 16.2 Å². The van der Waals surface area contributed by atoms with Crippen LogP contribution in [-0.2, 0) is 14.6 Å². The Balaban J connectivity index is 2.06. The zero-order valence-electron chi connectivity index (χ0n) is 14.0. The molecule has 0 bridgehead atoms. The fraction of sp³-hybridized carbons (Fsp3) is 0.474. The van der Waals surface area contributed by atoms with Crippen LogP contribution in [-0.4, -0.2) is 14.5 Å². The zero-order valence-corrected chi connectivity index (χ0v) is 14.9. The monoisotopic (exact) mass is 334 g/mol. The summed E-state index contributed by atoms with van der Waals surface area (Å²) in [5.74, 6) is 0.470. The van der Waals surface area contributed by atoms with E-state index >= 15 is 0 Å². The van der Waals surface area contributed by atoms with Gasteiger partial charge in [-0.1, -0.05) is 57.4 Å². The Labute approximate surface area is 140 Å². The summed E-state index contributed by atoms with van der Waals surface area (Å²) >= 11 is 0. The van der Waals surface area contributed by atoms with Gasteiger partial charge < -0.3 is 4.74 Å². The molecule has 0 aliphatic carbocycles. The molecule has 1 aliphatic heterocycles. The van der Waals surface area contributed by atoms with Crippen molar-refractivity contribution in [2.45, 2.75) is 63.4 Å². The van der Waals surface area contributed by atoms with Crippen LogP contribution in [0.15, 0.2) is 58.0 Å². The topological polar surface area (TPSA) is 43.4 Å². The van der Waals surface area contributed by atoms with Gasteiger partial charge in [0.25, 0.3) is 0 Å². The fourth-order valence-electron chi connectivity index (χ4n) is 2.96. The third kappa shape index (κ3) is 4.05. The summed E-state index contributed by atoms with van der Waals surface area (Å²) in [4.78, 5) is 0.560. The maximum atomic E-state index is 12.8. The summed E-state index contributed by atoms with van der Waals surface area (Å²) in [5.41, 5.74) is 0.599. The van der Waals surface area contributed by atoms with E-state index in [4.69, 9.17) is 4.74 Å². The van der Waals surface area contributed by atoms with Crippen LogP contribution in [0.4, 0.5) is 0 Å². The molecule has 0 spiro atoms. The summed E-state index contributed by atoms with van der Waals surface area (Å²) in [5, 5.41) is 0. The van der Waals surface area contributed by atoms with Crippen molar-refractivity contribution in [3.8, 4) is 0 Å². The second-order valence-electron chi connectivity index (χ2n) is 6.04. The van der Waals surface area contributed by atoms with E-state index in [1.54, 1.807) is 37.3 Å². The molecule has 4 heteroatoms. The molecule has 1 aromatic rings. The van der Waals surface area contributed by atoms with Gasteiger partial charge in [0.2, 0.25) is 9.84 Å². The van der Waals surface area contributed by atoms with E-state index in [9.17, 15) is 8.42 Å². The molecule has 0 aromatic heterocycles. The molecule has 23 heavy (non-hydrogen) atoms. The number of unbranched alkanes of at least 4 members (excludes halogenated alkanes) is 4. The van der Waals surface area contributed by atoms with Gasteiger partial charge in [0.15, 0.2) is 0 Å². The Morgan fingerprint density at radius 1 is 1.09 bits per heavy atom. The maximum Gasteiger partial charge on any atom is 0.210 e. The number of rotatable bonds is 8. The first-order chi connectivity index (χ1) is 11.0. The Kier molecular flexibility index (Phi) is 6.05. The molecule has 3 nitrogen and oxygen atoms in total. The highest BCUT2D eigenvalue weighted by molar-refractivity contribution is 7.95. The van der Waals surface area contributed by atoms with Gasteiger partial charge >= 0.3 is 0 Å². The average Bonchev–Trinajstić information content (AvgIpc) is 2.82. The van der Waals surface area contributed by atoms with Crippen molar-refractivity contribution in [1.82, 2.24) is 0 Å². The second kappa shape index (κ2) is 7.82. The van der Waals surface area contributed by atoms with E-state index in [0.717, 1.165) is 19.3 Å². The highest BCUT2D eigenvalue weighted by Gasteiger charge is 2.36. The maximum absolute atomic E-state index is 12.8. The van der Waals surface area contributed by atoms with Gasteiger partial charge in [-0.25, -0.2) is 8.42 Å². The van der Waals surface area contributed by atoms with Crippen molar-refractivity contribution in [2.75, 3.05) is 0 Å². The normalized spacial score (nSPS) is 18.3. The lowest BCUT2D eigenvalue weighted by Gasteiger charge is -2.13. The molecule has 0 N–H and O–H groups in total. The zero-order chi connectivity index (χ0) is 16.9. The Hall–Kier alpha value is -1.55. The number of hydrogen-bond acceptors (Lipinski definition) is 3. The number of sulfone groups is 1. The molecule has 2 rings (SSSR count). The van der Waals surface area contributed by atoms with Crippen LogP contribution in [0, 0.1) is 0 Å². The fourth-order valence-corrected chi connectivity index (χ4v) is 4.61. The smallest absolute Gasteiger partial charge is 0.210 e. The lowest BCUT2D eigenvalue weighted by atomic mass is 10.0. The molecular formula is C19H26O3S. The van der Waals surface area contributed by atoms with Crippen LogP contribution in [0.25, 0.3) is 0 Å². The van der Waals surface area contributed by atoms with Gasteiger partial charge in [-0.05, 0) is 31.9 Å². The molecule has 0 amide bonds. The van der Waals surface area contributed by atoms with E-state index in [1.165, 1.54) is 19.3 Å². The third-order valence-corrected chi connectivity index (χ3v) is 6.19. The van der Waals surface area contributed by atoms with Crippen molar-refractivity contribution in [2.24, 2.45) is 0 Å². The summed E-state index contributed by atoms with van der Waals surface area (Å²) < 4.78 is 31.4. The summed E-state index contributed by atoms with van der Waals surface area (Å²) in [6, 6.07) is 8.49. The van der Waals surface area contributed by atoms with Crippen LogP contribution in [0.3, 0.4) is 0 Å². The third-order valence-electron chi connectivity index (χ3n) is 4.21. The quantitative estimate of drug-likeness (QED) is 0.628. The Morgan fingerprint density at radius 2 is 1.74 bits per heavy atom. The molecule has 126 valence electrons. The van der Waals surface area contributed by atoms with Crippen LogP contribution < -0.4 is 0 Å². The number of hydrogen-bond donors (Lipinski definition) is 0. The first-order valence-corrected chi connectivity index (χ1v) is 9.83. The number of ether oxygens (including phenoxy) is 1. The van der Waals surface area contributed by atoms with E-state index in [-0.39, 0.29) is 11.0 Å². The van der Waals surface area contributed by atoms with Crippen molar-refractivity contribution < 1.29 is 13.2 Å². The molecular weight excluding hydrogens is 308 g/mol. The Bertz CT molecular complexity index is 672. The van der Waals surface area contributed by atoms with Crippen molar-refractivity contribution in [3.05, 3.63) is 53.1 Å². The highest BCUT2D eigenvalue weighted by atomic mass is 32.2. The van der Waals surface area contributed by atoms with E-state index in [2.05, 4.69) is 13.5 Å². The first-order valence-electron chi connectivity index (χ1n) is 8.35. The lowest BCUT2D eigenvalue weighted by molar-refractivity contribution is 0.157. The standard InChI is InChI=1S/C19H26O3S/c1-4-5-6-7-11-14-18-15(2)19(16(3)22-18)23(20,21)17-12-9-8-10-13-17/h8-10,12-13,18H,2,4-7,11,14H2,1,3H3. The van der Waals surface area contributed by atoms with Crippen LogP contribution in [0.2, 0.25) is 0 Å². The van der Waals surface area contributed by atoms with Crippen molar-refractivity contribution in [1.29, 1.82) is 0 Å². The van der Waals surface area contributed by atoms with Gasteiger partial charge in [0.1, 0.15) is 16.8 Å². The molecule has 1 unspecified atom stereocenters. The minimum atomic E-state index is -3.55. The molecule has 1 atom stereocenters. The summed E-state index contributed by atoms with van der Waals surface area (Å²) in [6.45, 7) is 7.92. The molecule has 0 saturated heterocycles. The van der Waals surface area contributed by atoms with Gasteiger partial charge in [-0.3, -0.25) is 0 Å². The van der Waals surface area contributed by atoms with E-state index < -0.39 is 9.84 Å². The van der Waals surface area contributed by atoms with Crippen LogP contribution in [0.5, 0.6) is 0 Å². The number of benzene rings is 1. The van der Waals surface area contributed by atoms with Gasteiger partial charge in [0, 0.05) is 5.57 Å². The average molecular weight is 334 g/mol. The second-order valence-corrected chi connectivity index (χ2v) is 7.92. The molecule has 1 aliphatic rings. The molecule has 1 aromatic carbocycles. The van der Waals surface area contributed by atoms with Crippen LogP contribution >= 0.6 is 0 Å². The minimum absolute atomic E-state index is 0.204. The predicted molar refractivity (Wildman–Crippen MR) is 93.7 cm³/mol. The minimum Gasteiger partial charge on any atom is -0.489 e. The molecule has 1 heterocycles. The van der Waals surface area contributed by atoms with Gasteiger partial charge in [-0.15, -0.1) is 0 Å². The molecule has 0 saturated carbocycles. The molecule has 0 fully saturated rings. The van der Waals surface area contributed by atoms with Crippen molar-refractivity contribution >= 4 is 9.84 Å². The van der Waals surface area contributed by atoms with Gasteiger partial charge in [0.05, 0.1) is 4.90 Å².